The molecular formula is C15H15. The summed E-state index contributed by atoms with van der Waals surface area (Å²) in [6.07, 6.45) is 0.897. The summed E-state index contributed by atoms with van der Waals surface area (Å²) >= 11 is 0. The zero-order chi connectivity index (χ0) is 10.5. The summed E-state index contributed by atoms with van der Waals surface area (Å²) in [5.74, 6) is 0.424. The van der Waals surface area contributed by atoms with Crippen LogP contribution in [0.2, 0.25) is 0 Å². The molecule has 2 aromatic rings. The van der Waals surface area contributed by atoms with Crippen molar-refractivity contribution in [2.24, 2.45) is 0 Å². The van der Waals surface area contributed by atoms with Gasteiger partial charge in [-0.05, 0) is 17.5 Å². The van der Waals surface area contributed by atoms with Crippen molar-refractivity contribution < 1.29 is 0 Å². The molecule has 0 aliphatic heterocycles. The van der Waals surface area contributed by atoms with Crippen LogP contribution in [0.1, 0.15) is 23.5 Å². The van der Waals surface area contributed by atoms with E-state index in [1.165, 1.54) is 11.1 Å². The van der Waals surface area contributed by atoms with Crippen LogP contribution in [0.5, 0.6) is 0 Å². The molecule has 0 spiro atoms. The highest BCUT2D eigenvalue weighted by Crippen LogP contribution is 2.26. The first-order valence-electron chi connectivity index (χ1n) is 5.31. The van der Waals surface area contributed by atoms with Crippen molar-refractivity contribution in [3.63, 3.8) is 0 Å². The maximum Gasteiger partial charge on any atom is 0.00893 e. The van der Waals surface area contributed by atoms with E-state index in [-0.39, 0.29) is 0 Å². The molecular weight excluding hydrogens is 180 g/mol. The predicted octanol–water partition coefficient (Wildman–Crippen LogP) is 4.04. The molecule has 0 fully saturated rings. The number of rotatable bonds is 3. The highest BCUT2D eigenvalue weighted by molar-refractivity contribution is 5.32. The molecule has 2 rings (SSSR count). The Bertz CT molecular complexity index is 349. The lowest BCUT2D eigenvalue weighted by atomic mass is 9.89. The van der Waals surface area contributed by atoms with Crippen LogP contribution in [0.15, 0.2) is 60.7 Å². The van der Waals surface area contributed by atoms with Crippen LogP contribution >= 0.6 is 0 Å². The van der Waals surface area contributed by atoms with Gasteiger partial charge >= 0.3 is 0 Å². The van der Waals surface area contributed by atoms with Gasteiger partial charge in [-0.15, -0.1) is 0 Å². The van der Waals surface area contributed by atoms with Crippen molar-refractivity contribution in [3.8, 4) is 0 Å². The smallest absolute Gasteiger partial charge is 0.00893 e. The Morgan fingerprint density at radius 3 is 1.47 bits per heavy atom. The van der Waals surface area contributed by atoms with Gasteiger partial charge in [-0.25, -0.2) is 0 Å². The summed E-state index contributed by atoms with van der Waals surface area (Å²) in [6, 6.07) is 21.1. The topological polar surface area (TPSA) is 0 Å². The zero-order valence-electron chi connectivity index (χ0n) is 8.77. The monoisotopic (exact) mass is 195 g/mol. The Balaban J connectivity index is 2.34. The molecule has 0 heterocycles. The standard InChI is InChI=1S/C15H15/c1-2-15(13-9-5-3-6-10-13)14-11-7-4-8-12-14/h3-12,15H,1-2H2. The first-order valence-corrected chi connectivity index (χ1v) is 5.31. The van der Waals surface area contributed by atoms with Crippen LogP contribution in [0.4, 0.5) is 0 Å². The minimum Gasteiger partial charge on any atom is -0.0622 e. The van der Waals surface area contributed by atoms with Crippen LogP contribution in [0, 0.1) is 6.92 Å². The van der Waals surface area contributed by atoms with Gasteiger partial charge in [0.25, 0.3) is 0 Å². The molecule has 75 valence electrons. The van der Waals surface area contributed by atoms with E-state index in [1.807, 2.05) is 0 Å². The fourth-order valence-corrected chi connectivity index (χ4v) is 1.90. The summed E-state index contributed by atoms with van der Waals surface area (Å²) in [5.41, 5.74) is 2.69. The summed E-state index contributed by atoms with van der Waals surface area (Å²) in [4.78, 5) is 0. The second kappa shape index (κ2) is 4.79. The van der Waals surface area contributed by atoms with Gasteiger partial charge in [0.05, 0.1) is 0 Å². The molecule has 0 aromatic heterocycles. The average Bonchev–Trinajstić information content (AvgIpc) is 2.33. The van der Waals surface area contributed by atoms with Crippen LogP contribution in [0.3, 0.4) is 0 Å². The molecule has 0 bridgehead atoms. The maximum absolute atomic E-state index is 4.04. The third-order valence-electron chi connectivity index (χ3n) is 2.69. The Morgan fingerprint density at radius 1 is 0.733 bits per heavy atom. The van der Waals surface area contributed by atoms with Gasteiger partial charge in [-0.2, -0.15) is 0 Å². The molecule has 0 amide bonds. The number of hydrogen-bond donors (Lipinski definition) is 0. The van der Waals surface area contributed by atoms with Crippen molar-refractivity contribution in [2.75, 3.05) is 0 Å². The van der Waals surface area contributed by atoms with Crippen molar-refractivity contribution in [1.82, 2.24) is 0 Å². The molecule has 1 radical (unpaired) electrons. The van der Waals surface area contributed by atoms with Gasteiger partial charge < -0.3 is 0 Å². The lowest BCUT2D eigenvalue weighted by Gasteiger charge is -2.15. The molecule has 0 atom stereocenters. The van der Waals surface area contributed by atoms with Gasteiger partial charge in [0.15, 0.2) is 0 Å². The largest absolute Gasteiger partial charge is 0.0622 e. The van der Waals surface area contributed by atoms with E-state index in [9.17, 15) is 0 Å². The van der Waals surface area contributed by atoms with E-state index < -0.39 is 0 Å². The van der Waals surface area contributed by atoms with Crippen molar-refractivity contribution >= 4 is 0 Å². The Morgan fingerprint density at radius 2 is 1.13 bits per heavy atom. The third kappa shape index (κ3) is 2.27. The summed E-state index contributed by atoms with van der Waals surface area (Å²) in [7, 11) is 0. The highest BCUT2D eigenvalue weighted by atomic mass is 14.1. The first-order chi connectivity index (χ1) is 7.42. The first kappa shape index (κ1) is 9.97. The van der Waals surface area contributed by atoms with Gasteiger partial charge in [0.1, 0.15) is 0 Å². The molecule has 0 heteroatoms. The Labute approximate surface area is 91.6 Å². The molecule has 0 saturated carbocycles. The SMILES string of the molecule is [CH2]CC(c1ccccc1)c1ccccc1. The van der Waals surface area contributed by atoms with Gasteiger partial charge in [-0.1, -0.05) is 67.6 Å². The van der Waals surface area contributed by atoms with Crippen LogP contribution in [0.25, 0.3) is 0 Å². The van der Waals surface area contributed by atoms with E-state index >= 15 is 0 Å². The van der Waals surface area contributed by atoms with Crippen LogP contribution < -0.4 is 0 Å². The number of benzene rings is 2. The summed E-state index contributed by atoms with van der Waals surface area (Å²) < 4.78 is 0. The van der Waals surface area contributed by atoms with Gasteiger partial charge in [-0.3, -0.25) is 0 Å². The molecule has 2 aromatic carbocycles. The molecule has 15 heavy (non-hydrogen) atoms. The lowest BCUT2D eigenvalue weighted by molar-refractivity contribution is 0.827. The average molecular weight is 195 g/mol. The molecule has 0 aliphatic rings. The molecule has 0 N–H and O–H groups in total. The lowest BCUT2D eigenvalue weighted by Crippen LogP contribution is -1.98. The van der Waals surface area contributed by atoms with E-state index in [0.717, 1.165) is 6.42 Å². The second-order valence-electron chi connectivity index (χ2n) is 3.66. The van der Waals surface area contributed by atoms with Gasteiger partial charge in [0, 0.05) is 5.92 Å². The van der Waals surface area contributed by atoms with E-state index in [1.54, 1.807) is 0 Å². The quantitative estimate of drug-likeness (QED) is 0.693. The van der Waals surface area contributed by atoms with E-state index in [2.05, 4.69) is 67.6 Å². The molecule has 0 saturated heterocycles. The normalized spacial score (nSPS) is 10.5. The van der Waals surface area contributed by atoms with E-state index in [4.69, 9.17) is 0 Å². The Kier molecular flexibility index (Phi) is 3.18. The molecule has 0 aliphatic carbocycles. The predicted molar refractivity (Wildman–Crippen MR) is 64.7 cm³/mol. The Hall–Kier alpha value is -1.56. The van der Waals surface area contributed by atoms with Crippen LogP contribution in [-0.2, 0) is 0 Å². The van der Waals surface area contributed by atoms with E-state index in [0.29, 0.717) is 5.92 Å². The maximum atomic E-state index is 4.04. The summed E-state index contributed by atoms with van der Waals surface area (Å²) in [6.45, 7) is 4.04. The molecule has 0 unspecified atom stereocenters. The second-order valence-corrected chi connectivity index (χ2v) is 3.66. The highest BCUT2D eigenvalue weighted by Gasteiger charge is 2.10. The fraction of sp³-hybridized carbons (Fsp3) is 0.133. The van der Waals surface area contributed by atoms with Gasteiger partial charge in [0.2, 0.25) is 0 Å². The minimum atomic E-state index is 0.424. The van der Waals surface area contributed by atoms with Crippen molar-refractivity contribution in [1.29, 1.82) is 0 Å². The van der Waals surface area contributed by atoms with Crippen molar-refractivity contribution in [2.45, 2.75) is 12.3 Å². The summed E-state index contributed by atoms with van der Waals surface area (Å²) in [5, 5.41) is 0. The fourth-order valence-electron chi connectivity index (χ4n) is 1.90. The van der Waals surface area contributed by atoms with Crippen LogP contribution in [-0.4, -0.2) is 0 Å². The number of hydrogen-bond acceptors (Lipinski definition) is 0. The zero-order valence-corrected chi connectivity index (χ0v) is 8.77. The molecule has 0 nitrogen and oxygen atoms in total. The third-order valence-corrected chi connectivity index (χ3v) is 2.69. The minimum absolute atomic E-state index is 0.424. The van der Waals surface area contributed by atoms with Crippen molar-refractivity contribution in [3.05, 3.63) is 78.7 Å².